The topological polar surface area (TPSA) is 119 Å². The molecule has 33 heavy (non-hydrogen) atoms. The van der Waals surface area contributed by atoms with Gasteiger partial charge in [-0.05, 0) is 43.0 Å². The molecule has 0 radical (unpaired) electrons. The number of rotatable bonds is 8. The van der Waals surface area contributed by atoms with Gasteiger partial charge in [-0.3, -0.25) is 10.4 Å². The molecule has 3 aromatic heterocycles. The molecule has 3 heterocycles. The number of benzene rings is 1. The second-order valence-corrected chi connectivity index (χ2v) is 8.33. The highest BCUT2D eigenvalue weighted by Crippen LogP contribution is 2.26. The number of hydrogen-bond acceptors (Lipinski definition) is 7. The Bertz CT molecular complexity index is 1280. The SMILES string of the molecule is CC(C)c1cc(NC(=O)On2ccc3cc(Oc4cc(CNC5CC5)ncn4)ccc32)n[nH]1. The van der Waals surface area contributed by atoms with Crippen LogP contribution in [0.3, 0.4) is 0 Å². The number of nitrogens with one attached hydrogen (secondary N) is 3. The van der Waals surface area contributed by atoms with Gasteiger partial charge < -0.3 is 14.9 Å². The molecule has 10 nitrogen and oxygen atoms in total. The number of ether oxygens (including phenoxy) is 1. The smallest absolute Gasteiger partial charge is 0.437 e. The minimum atomic E-state index is -0.636. The zero-order chi connectivity index (χ0) is 22.8. The molecule has 170 valence electrons. The Kier molecular flexibility index (Phi) is 5.66. The van der Waals surface area contributed by atoms with Crippen LogP contribution in [0.15, 0.2) is 48.9 Å². The maximum Gasteiger partial charge on any atom is 0.437 e. The number of aromatic nitrogens is 5. The van der Waals surface area contributed by atoms with Crippen molar-refractivity contribution in [1.82, 2.24) is 30.2 Å². The van der Waals surface area contributed by atoms with Crippen molar-refractivity contribution < 1.29 is 14.4 Å². The molecule has 0 atom stereocenters. The maximum atomic E-state index is 12.3. The van der Waals surface area contributed by atoms with Crippen LogP contribution in [0.25, 0.3) is 10.9 Å². The standard InChI is InChI=1S/C23H25N7O3/c1-14(2)19-11-21(29-28-19)27-23(31)33-30-8-7-15-9-18(5-6-20(15)30)32-22-10-17(25-13-26-22)12-24-16-3-4-16/h5-11,13-14,16,24H,3-4,12H2,1-2H3,(H2,27,28,29,31). The normalized spacial score (nSPS) is 13.4. The van der Waals surface area contributed by atoms with Crippen molar-refractivity contribution in [1.29, 1.82) is 0 Å². The number of aromatic amines is 1. The zero-order valence-electron chi connectivity index (χ0n) is 18.4. The third kappa shape index (κ3) is 5.12. The van der Waals surface area contributed by atoms with Crippen molar-refractivity contribution in [3.63, 3.8) is 0 Å². The predicted molar refractivity (Wildman–Crippen MR) is 122 cm³/mol. The molecule has 1 aliphatic rings. The van der Waals surface area contributed by atoms with Crippen LogP contribution in [0, 0.1) is 0 Å². The summed E-state index contributed by atoms with van der Waals surface area (Å²) in [6.45, 7) is 4.77. The molecule has 1 saturated carbocycles. The number of fused-ring (bicyclic) bond motifs is 1. The minimum Gasteiger partial charge on any atom is -0.439 e. The van der Waals surface area contributed by atoms with Crippen molar-refractivity contribution in [2.24, 2.45) is 0 Å². The number of anilines is 1. The Morgan fingerprint density at radius 1 is 1.21 bits per heavy atom. The molecule has 1 aliphatic carbocycles. The second-order valence-electron chi connectivity index (χ2n) is 8.33. The largest absolute Gasteiger partial charge is 0.439 e. The van der Waals surface area contributed by atoms with Crippen molar-refractivity contribution in [2.75, 3.05) is 5.32 Å². The molecule has 5 rings (SSSR count). The highest BCUT2D eigenvalue weighted by molar-refractivity contribution is 5.86. The van der Waals surface area contributed by atoms with E-state index in [-0.39, 0.29) is 5.92 Å². The van der Waals surface area contributed by atoms with E-state index in [1.54, 1.807) is 18.3 Å². The van der Waals surface area contributed by atoms with E-state index >= 15 is 0 Å². The molecule has 1 amide bonds. The van der Waals surface area contributed by atoms with Gasteiger partial charge in [-0.25, -0.2) is 14.8 Å². The number of carbonyl (C=O) groups excluding carboxylic acids is 1. The number of amides is 1. The van der Waals surface area contributed by atoms with E-state index in [4.69, 9.17) is 9.57 Å². The molecule has 0 saturated heterocycles. The van der Waals surface area contributed by atoms with Crippen LogP contribution < -0.4 is 20.2 Å². The van der Waals surface area contributed by atoms with Gasteiger partial charge in [-0.2, -0.15) is 9.83 Å². The van der Waals surface area contributed by atoms with Gasteiger partial charge in [0.2, 0.25) is 5.88 Å². The maximum absolute atomic E-state index is 12.3. The average molecular weight is 447 g/mol. The first-order chi connectivity index (χ1) is 16.0. The molecule has 0 aliphatic heterocycles. The Morgan fingerprint density at radius 2 is 2.09 bits per heavy atom. The number of nitrogens with zero attached hydrogens (tertiary/aromatic N) is 4. The summed E-state index contributed by atoms with van der Waals surface area (Å²) < 4.78 is 7.32. The van der Waals surface area contributed by atoms with Crippen molar-refractivity contribution in [3.8, 4) is 11.6 Å². The molecule has 1 fully saturated rings. The molecule has 0 bridgehead atoms. The van der Waals surface area contributed by atoms with Gasteiger partial charge in [0, 0.05) is 42.0 Å². The third-order valence-electron chi connectivity index (χ3n) is 5.33. The monoisotopic (exact) mass is 447 g/mol. The summed E-state index contributed by atoms with van der Waals surface area (Å²) in [4.78, 5) is 26.2. The van der Waals surface area contributed by atoms with Gasteiger partial charge in [0.15, 0.2) is 5.82 Å². The molecular formula is C23H25N7O3. The van der Waals surface area contributed by atoms with Gasteiger partial charge in [-0.15, -0.1) is 0 Å². The summed E-state index contributed by atoms with van der Waals surface area (Å²) in [5.74, 6) is 1.80. The van der Waals surface area contributed by atoms with Gasteiger partial charge >= 0.3 is 6.09 Å². The van der Waals surface area contributed by atoms with E-state index in [1.807, 2.05) is 38.1 Å². The summed E-state index contributed by atoms with van der Waals surface area (Å²) in [6, 6.07) is 11.5. The molecule has 10 heteroatoms. The van der Waals surface area contributed by atoms with Crippen LogP contribution in [-0.2, 0) is 6.54 Å². The summed E-state index contributed by atoms with van der Waals surface area (Å²) in [5, 5.41) is 13.9. The number of hydrogen-bond donors (Lipinski definition) is 3. The van der Waals surface area contributed by atoms with E-state index in [9.17, 15) is 4.79 Å². The first kappa shape index (κ1) is 21.0. The van der Waals surface area contributed by atoms with E-state index in [0.717, 1.165) is 22.3 Å². The summed E-state index contributed by atoms with van der Waals surface area (Å²) >= 11 is 0. The highest BCUT2D eigenvalue weighted by atomic mass is 16.7. The molecule has 0 unspecified atom stereocenters. The fraction of sp³-hybridized carbons (Fsp3) is 0.304. The third-order valence-corrected chi connectivity index (χ3v) is 5.33. The first-order valence-electron chi connectivity index (χ1n) is 10.9. The molecule has 3 N–H and O–H groups in total. The quantitative estimate of drug-likeness (QED) is 0.374. The van der Waals surface area contributed by atoms with Crippen molar-refractivity contribution >= 4 is 22.8 Å². The lowest BCUT2D eigenvalue weighted by Crippen LogP contribution is -2.24. The van der Waals surface area contributed by atoms with Crippen molar-refractivity contribution in [2.45, 2.75) is 45.2 Å². The van der Waals surface area contributed by atoms with Crippen LogP contribution in [0.2, 0.25) is 0 Å². The van der Waals surface area contributed by atoms with Gasteiger partial charge in [0.1, 0.15) is 12.1 Å². The van der Waals surface area contributed by atoms with Crippen LogP contribution in [0.1, 0.15) is 44.0 Å². The van der Waals surface area contributed by atoms with Crippen molar-refractivity contribution in [3.05, 3.63) is 60.3 Å². The number of carbonyl (C=O) groups is 1. The molecule has 4 aromatic rings. The van der Waals surface area contributed by atoms with Gasteiger partial charge in [0.05, 0.1) is 11.2 Å². The second kappa shape index (κ2) is 8.91. The predicted octanol–water partition coefficient (Wildman–Crippen LogP) is 3.98. The molecular weight excluding hydrogens is 422 g/mol. The number of H-pyrrole nitrogens is 1. The van der Waals surface area contributed by atoms with E-state index < -0.39 is 6.09 Å². The Labute approximate surface area is 190 Å². The molecule has 0 spiro atoms. The van der Waals surface area contributed by atoms with Crippen LogP contribution in [0.5, 0.6) is 11.6 Å². The average Bonchev–Trinajstić information content (AvgIpc) is 3.38. The summed E-state index contributed by atoms with van der Waals surface area (Å²) in [7, 11) is 0. The van der Waals surface area contributed by atoms with Crippen LogP contribution in [-0.4, -0.2) is 37.0 Å². The summed E-state index contributed by atoms with van der Waals surface area (Å²) in [5.41, 5.74) is 2.54. The van der Waals surface area contributed by atoms with Crippen LogP contribution >= 0.6 is 0 Å². The van der Waals surface area contributed by atoms with E-state index in [2.05, 4.69) is 30.8 Å². The fourth-order valence-electron chi connectivity index (χ4n) is 3.34. The lowest BCUT2D eigenvalue weighted by molar-refractivity contribution is 0.153. The lowest BCUT2D eigenvalue weighted by atomic mass is 10.1. The first-order valence-corrected chi connectivity index (χ1v) is 10.9. The highest BCUT2D eigenvalue weighted by Gasteiger charge is 2.20. The van der Waals surface area contributed by atoms with Gasteiger partial charge in [-0.1, -0.05) is 13.8 Å². The summed E-state index contributed by atoms with van der Waals surface area (Å²) in [6.07, 6.45) is 4.99. The van der Waals surface area contributed by atoms with Gasteiger partial charge in [0.25, 0.3) is 0 Å². The Morgan fingerprint density at radius 3 is 2.88 bits per heavy atom. The zero-order valence-corrected chi connectivity index (χ0v) is 18.4. The Balaban J connectivity index is 1.23. The minimum absolute atomic E-state index is 0.280. The Hall–Kier alpha value is -3.92. The van der Waals surface area contributed by atoms with Crippen LogP contribution in [0.4, 0.5) is 10.6 Å². The molecule has 1 aromatic carbocycles. The lowest BCUT2D eigenvalue weighted by Gasteiger charge is -2.08. The van der Waals surface area contributed by atoms with E-state index in [0.29, 0.717) is 30.0 Å². The van der Waals surface area contributed by atoms with E-state index in [1.165, 1.54) is 23.9 Å². The fourth-order valence-corrected chi connectivity index (χ4v) is 3.34.